The third kappa shape index (κ3) is 2.83. The zero-order chi connectivity index (χ0) is 10.7. The van der Waals surface area contributed by atoms with Gasteiger partial charge in [-0.3, -0.25) is 4.79 Å². The van der Waals surface area contributed by atoms with Crippen LogP contribution in [0.15, 0.2) is 12.1 Å². The molecule has 1 rings (SSSR count). The first-order chi connectivity index (χ1) is 6.60. The Morgan fingerprint density at radius 2 is 2.07 bits per heavy atom. The highest BCUT2D eigenvalue weighted by molar-refractivity contribution is 5.94. The van der Waals surface area contributed by atoms with Gasteiger partial charge >= 0.3 is 29.0 Å². The summed E-state index contributed by atoms with van der Waals surface area (Å²) < 4.78 is 4.71. The van der Waals surface area contributed by atoms with Crippen molar-refractivity contribution in [3.8, 4) is 11.5 Å². The van der Waals surface area contributed by atoms with Crippen LogP contribution >= 0.6 is 0 Å². The summed E-state index contributed by atoms with van der Waals surface area (Å²) in [6.45, 7) is 0. The van der Waals surface area contributed by atoms with Gasteiger partial charge in [0.05, 0.1) is 7.11 Å². The topological polar surface area (TPSA) is 83.8 Å². The third-order valence-corrected chi connectivity index (χ3v) is 1.68. The summed E-state index contributed by atoms with van der Waals surface area (Å²) in [6, 6.07) is 2.34. The van der Waals surface area contributed by atoms with Crippen molar-refractivity contribution in [1.29, 1.82) is 0 Å². The predicted octanol–water partition coefficient (Wildman–Crippen LogP) is -0.00470. The molecule has 1 aromatic carbocycles. The van der Waals surface area contributed by atoms with Gasteiger partial charge in [-0.1, -0.05) is 0 Å². The van der Waals surface area contributed by atoms with E-state index in [2.05, 4.69) is 0 Å². The van der Waals surface area contributed by atoms with E-state index in [9.17, 15) is 14.7 Å². The molecule has 78 valence electrons. The van der Waals surface area contributed by atoms with Crippen molar-refractivity contribution in [2.24, 2.45) is 0 Å². The van der Waals surface area contributed by atoms with Crippen molar-refractivity contribution in [2.45, 2.75) is 0 Å². The molecule has 0 fully saturated rings. The van der Waals surface area contributed by atoms with Crippen LogP contribution in [0.5, 0.6) is 11.5 Å². The lowest BCUT2D eigenvalue weighted by Crippen LogP contribution is -2.00. The minimum Gasteiger partial charge on any atom is -0.504 e. The number of aromatic hydroxyl groups is 1. The van der Waals surface area contributed by atoms with Gasteiger partial charge in [-0.05, 0) is 12.1 Å². The quantitative estimate of drug-likeness (QED) is 0.555. The average molecular weight is 222 g/mol. The SMILES string of the molecule is COc1cc(C=O)cc(C(=O)O)c1O.[MgH2]. The minimum atomic E-state index is -1.32. The third-order valence-electron chi connectivity index (χ3n) is 1.68. The molecule has 0 aliphatic carbocycles. The lowest BCUT2D eigenvalue weighted by Gasteiger charge is -2.06. The molecular formula is C9H10MgO5. The lowest BCUT2D eigenvalue weighted by molar-refractivity contribution is 0.0693. The van der Waals surface area contributed by atoms with E-state index in [0.29, 0.717) is 6.29 Å². The molecular weight excluding hydrogens is 212 g/mol. The molecule has 0 saturated heterocycles. The van der Waals surface area contributed by atoms with Crippen LogP contribution in [0.3, 0.4) is 0 Å². The maximum Gasteiger partial charge on any atom is 0.339 e. The largest absolute Gasteiger partial charge is 0.504 e. The number of carboxylic acid groups (broad SMARTS) is 1. The van der Waals surface area contributed by atoms with Gasteiger partial charge in [0.1, 0.15) is 11.8 Å². The zero-order valence-electron chi connectivity index (χ0n) is 7.35. The second-order valence-corrected chi connectivity index (χ2v) is 2.54. The number of carboxylic acids is 1. The van der Waals surface area contributed by atoms with Crippen molar-refractivity contribution in [2.75, 3.05) is 7.11 Å². The van der Waals surface area contributed by atoms with Gasteiger partial charge in [-0.2, -0.15) is 0 Å². The fourth-order valence-electron chi connectivity index (χ4n) is 1.02. The maximum atomic E-state index is 10.6. The normalized spacial score (nSPS) is 8.87. The molecule has 0 radical (unpaired) electrons. The number of rotatable bonds is 3. The highest BCUT2D eigenvalue weighted by Crippen LogP contribution is 2.30. The average Bonchev–Trinajstić information content (AvgIpc) is 2.17. The number of phenols is 1. The predicted molar refractivity (Wildman–Crippen MR) is 55.5 cm³/mol. The Bertz CT molecular complexity index is 388. The van der Waals surface area contributed by atoms with E-state index in [1.54, 1.807) is 0 Å². The number of carbonyl (C=O) groups is 2. The molecule has 0 aromatic heterocycles. The van der Waals surface area contributed by atoms with Crippen molar-refractivity contribution in [3.05, 3.63) is 23.3 Å². The van der Waals surface area contributed by atoms with E-state index < -0.39 is 11.7 Å². The number of benzene rings is 1. The molecule has 0 atom stereocenters. The summed E-state index contributed by atoms with van der Waals surface area (Å²) in [4.78, 5) is 21.1. The van der Waals surface area contributed by atoms with E-state index in [1.165, 1.54) is 13.2 Å². The molecule has 2 N–H and O–H groups in total. The maximum absolute atomic E-state index is 10.6. The van der Waals surface area contributed by atoms with Gasteiger partial charge in [0.15, 0.2) is 11.5 Å². The Morgan fingerprint density at radius 3 is 2.47 bits per heavy atom. The van der Waals surface area contributed by atoms with Crippen LogP contribution in [0.4, 0.5) is 0 Å². The molecule has 0 spiro atoms. The van der Waals surface area contributed by atoms with Crippen molar-refractivity contribution in [1.82, 2.24) is 0 Å². The number of hydrogen-bond acceptors (Lipinski definition) is 4. The molecule has 0 aliphatic heterocycles. The summed E-state index contributed by atoms with van der Waals surface area (Å²) in [6.07, 6.45) is 0.481. The van der Waals surface area contributed by atoms with Crippen LogP contribution in [0, 0.1) is 0 Å². The molecule has 0 aliphatic rings. The summed E-state index contributed by atoms with van der Waals surface area (Å²) in [5, 5.41) is 18.0. The van der Waals surface area contributed by atoms with Crippen molar-refractivity contribution < 1.29 is 24.5 Å². The first-order valence-electron chi connectivity index (χ1n) is 3.69. The minimum absolute atomic E-state index is 0. The zero-order valence-corrected chi connectivity index (χ0v) is 7.35. The van der Waals surface area contributed by atoms with Gasteiger partial charge in [0.2, 0.25) is 0 Å². The smallest absolute Gasteiger partial charge is 0.339 e. The van der Waals surface area contributed by atoms with E-state index in [-0.39, 0.29) is 39.9 Å². The van der Waals surface area contributed by atoms with E-state index in [0.717, 1.165) is 6.07 Å². The number of ether oxygens (including phenoxy) is 1. The number of aldehydes is 1. The summed E-state index contributed by atoms with van der Waals surface area (Å²) >= 11 is 0. The Kier molecular flexibility index (Phi) is 5.10. The van der Waals surface area contributed by atoms with Crippen LogP contribution < -0.4 is 4.74 Å². The fraction of sp³-hybridized carbons (Fsp3) is 0.111. The highest BCUT2D eigenvalue weighted by Gasteiger charge is 2.15. The molecule has 5 nitrogen and oxygen atoms in total. The monoisotopic (exact) mass is 222 g/mol. The summed E-state index contributed by atoms with van der Waals surface area (Å²) in [5.41, 5.74) is -0.219. The summed E-state index contributed by atoms with van der Waals surface area (Å²) in [5.74, 6) is -1.83. The first-order valence-corrected chi connectivity index (χ1v) is 3.69. The van der Waals surface area contributed by atoms with E-state index in [4.69, 9.17) is 9.84 Å². The van der Waals surface area contributed by atoms with Crippen LogP contribution in [-0.4, -0.2) is 52.6 Å². The molecule has 15 heavy (non-hydrogen) atoms. The molecule has 1 aromatic rings. The highest BCUT2D eigenvalue weighted by atomic mass is 24.3. The molecule has 0 heterocycles. The Morgan fingerprint density at radius 1 is 1.47 bits per heavy atom. The Balaban J connectivity index is 0.00000196. The second kappa shape index (κ2) is 5.57. The molecule has 0 bridgehead atoms. The molecule has 0 amide bonds. The fourth-order valence-corrected chi connectivity index (χ4v) is 1.02. The van der Waals surface area contributed by atoms with E-state index in [1.807, 2.05) is 0 Å². The van der Waals surface area contributed by atoms with E-state index >= 15 is 0 Å². The van der Waals surface area contributed by atoms with Crippen LogP contribution in [-0.2, 0) is 0 Å². The van der Waals surface area contributed by atoms with Gasteiger partial charge < -0.3 is 14.9 Å². The number of carbonyl (C=O) groups excluding carboxylic acids is 1. The Labute approximate surface area is 102 Å². The summed E-state index contributed by atoms with van der Waals surface area (Å²) in [7, 11) is 1.27. The standard InChI is InChI=1S/C9H8O5.Mg.2H/c1-14-7-3-5(4-10)2-6(8(7)11)9(12)13;;;/h2-4,11H,1H3,(H,12,13);;;. The van der Waals surface area contributed by atoms with Gasteiger partial charge in [-0.15, -0.1) is 0 Å². The van der Waals surface area contributed by atoms with Crippen LogP contribution in [0.1, 0.15) is 20.7 Å². The lowest BCUT2D eigenvalue weighted by atomic mass is 10.1. The number of hydrogen-bond donors (Lipinski definition) is 2. The number of aromatic carboxylic acids is 1. The molecule has 0 saturated carbocycles. The van der Waals surface area contributed by atoms with Gasteiger partial charge in [-0.25, -0.2) is 4.79 Å². The van der Waals surface area contributed by atoms with Gasteiger partial charge in [0, 0.05) is 5.56 Å². The number of methoxy groups -OCH3 is 1. The van der Waals surface area contributed by atoms with Gasteiger partial charge in [0.25, 0.3) is 0 Å². The van der Waals surface area contributed by atoms with Crippen LogP contribution in [0.2, 0.25) is 0 Å². The van der Waals surface area contributed by atoms with Crippen molar-refractivity contribution in [3.63, 3.8) is 0 Å². The van der Waals surface area contributed by atoms with Crippen LogP contribution in [0.25, 0.3) is 0 Å². The second-order valence-electron chi connectivity index (χ2n) is 2.54. The first kappa shape index (κ1) is 13.7. The molecule has 0 unspecified atom stereocenters. The molecule has 6 heteroatoms. The Hall–Kier alpha value is -1.27. The van der Waals surface area contributed by atoms with Crippen molar-refractivity contribution >= 4 is 35.3 Å².